The molecule has 4 atom stereocenters. The molecule has 0 radical (unpaired) electrons. The maximum Gasteiger partial charge on any atom is 0.274 e. The molecule has 1 aliphatic rings. The van der Waals surface area contributed by atoms with Crippen molar-refractivity contribution in [3.8, 4) is 23.3 Å². The Kier molecular flexibility index (Phi) is 8.08. The number of ether oxygens (including phenoxy) is 3. The lowest BCUT2D eigenvalue weighted by atomic mass is 10.1. The Balaban J connectivity index is 1.43. The summed E-state index contributed by atoms with van der Waals surface area (Å²) in [6.45, 7) is 0.0535. The minimum Gasteiger partial charge on any atom is -0.495 e. The van der Waals surface area contributed by atoms with Gasteiger partial charge in [-0.1, -0.05) is 42.2 Å². The second-order valence-electron chi connectivity index (χ2n) is 9.23. The van der Waals surface area contributed by atoms with E-state index in [0.29, 0.717) is 40.3 Å². The summed E-state index contributed by atoms with van der Waals surface area (Å²) in [5.41, 5.74) is 8.51. The van der Waals surface area contributed by atoms with E-state index in [1.165, 1.54) is 18.0 Å². The van der Waals surface area contributed by atoms with Crippen LogP contribution in [0.3, 0.4) is 0 Å². The number of aliphatic hydroxyl groups excluding tert-OH is 2. The van der Waals surface area contributed by atoms with Crippen LogP contribution >= 0.6 is 0 Å². The average Bonchev–Trinajstić information content (AvgIpc) is 3.47. The third-order valence-corrected chi connectivity index (χ3v) is 7.06. The zero-order valence-electron chi connectivity index (χ0n) is 21.8. The first-order valence-corrected chi connectivity index (χ1v) is 14.0. The topological polar surface area (TPSA) is 197 Å². The maximum absolute atomic E-state index is 11.3. The van der Waals surface area contributed by atoms with E-state index in [2.05, 4.69) is 26.5 Å². The van der Waals surface area contributed by atoms with E-state index in [1.807, 2.05) is 30.3 Å². The van der Waals surface area contributed by atoms with Gasteiger partial charge < -0.3 is 34.7 Å². The van der Waals surface area contributed by atoms with Crippen molar-refractivity contribution < 1.29 is 32.8 Å². The Morgan fingerprint density at radius 1 is 1.10 bits per heavy atom. The fourth-order valence-electron chi connectivity index (χ4n) is 4.46. The minimum atomic E-state index is -4.03. The number of benzene rings is 2. The van der Waals surface area contributed by atoms with Crippen molar-refractivity contribution in [2.24, 2.45) is 5.14 Å². The minimum absolute atomic E-state index is 0.148. The Labute approximate surface area is 235 Å². The Hall–Kier alpha value is -4.23. The first-order chi connectivity index (χ1) is 19.6. The number of nitrogen functional groups attached to an aromatic ring is 1. The molecule has 7 N–H and O–H groups in total. The summed E-state index contributed by atoms with van der Waals surface area (Å²) in [4.78, 5) is 8.34. The highest BCUT2D eigenvalue weighted by molar-refractivity contribution is 7.87. The van der Waals surface area contributed by atoms with Crippen LogP contribution in [0.4, 0.5) is 5.82 Å². The number of rotatable bonds is 8. The zero-order valence-corrected chi connectivity index (χ0v) is 22.7. The van der Waals surface area contributed by atoms with Crippen molar-refractivity contribution in [1.82, 2.24) is 19.3 Å². The Morgan fingerprint density at radius 3 is 2.59 bits per heavy atom. The van der Waals surface area contributed by atoms with Gasteiger partial charge in [0, 0.05) is 18.8 Å². The first kappa shape index (κ1) is 28.3. The van der Waals surface area contributed by atoms with E-state index in [9.17, 15) is 18.6 Å². The average molecular weight is 581 g/mol. The van der Waals surface area contributed by atoms with Crippen molar-refractivity contribution >= 4 is 27.1 Å². The molecule has 0 bridgehead atoms. The number of nitrogens with zero attached hydrogens (tertiary/aromatic N) is 3. The molecule has 2 aromatic heterocycles. The number of aromatic nitrogens is 3. The third-order valence-electron chi connectivity index (χ3n) is 6.49. The highest BCUT2D eigenvalue weighted by atomic mass is 32.2. The number of fused-ring (bicyclic) bond motifs is 1. The normalized spacial score (nSPS) is 20.5. The monoisotopic (exact) mass is 580 g/mol. The molecule has 4 aromatic rings. The number of hydrogen-bond acceptors (Lipinski definition) is 10. The number of nitrogens with one attached hydrogen (secondary N) is 1. The molecule has 0 unspecified atom stereocenters. The Morgan fingerprint density at radius 2 is 1.85 bits per heavy atom. The summed E-state index contributed by atoms with van der Waals surface area (Å²) >= 11 is 0. The van der Waals surface area contributed by atoms with Gasteiger partial charge in [-0.05, 0) is 17.7 Å². The van der Waals surface area contributed by atoms with Crippen molar-refractivity contribution in [3.05, 3.63) is 77.7 Å². The number of anilines is 1. The number of hydrogen-bond donors (Lipinski definition) is 5. The fraction of sp³-hybridized carbons (Fsp3) is 0.259. The molecule has 14 heteroatoms. The summed E-state index contributed by atoms with van der Waals surface area (Å²) in [5.74, 6) is 7.40. The van der Waals surface area contributed by atoms with Gasteiger partial charge >= 0.3 is 0 Å². The number of methoxy groups -OCH3 is 1. The van der Waals surface area contributed by atoms with Crippen LogP contribution < -0.4 is 25.1 Å². The van der Waals surface area contributed by atoms with Gasteiger partial charge in [0.25, 0.3) is 10.2 Å². The van der Waals surface area contributed by atoms with Crippen LogP contribution in [0.25, 0.3) is 11.0 Å². The summed E-state index contributed by atoms with van der Waals surface area (Å²) in [6.07, 6.45) is -2.21. The van der Waals surface area contributed by atoms with Gasteiger partial charge in [-0.2, -0.15) is 13.1 Å². The lowest BCUT2D eigenvalue weighted by Crippen LogP contribution is -2.42. The van der Waals surface area contributed by atoms with Crippen molar-refractivity contribution in [1.29, 1.82) is 0 Å². The third kappa shape index (κ3) is 6.25. The molecular formula is C27H28N6O7S. The van der Waals surface area contributed by atoms with Crippen LogP contribution in [0.1, 0.15) is 22.9 Å². The van der Waals surface area contributed by atoms with Crippen LogP contribution in [0.15, 0.2) is 61.1 Å². The van der Waals surface area contributed by atoms with Crippen LogP contribution in [-0.2, 0) is 21.6 Å². The van der Waals surface area contributed by atoms with E-state index >= 15 is 0 Å². The van der Waals surface area contributed by atoms with E-state index in [0.717, 1.165) is 5.56 Å². The lowest BCUT2D eigenvalue weighted by Gasteiger charge is -2.17. The second-order valence-corrected chi connectivity index (χ2v) is 10.6. The molecule has 5 rings (SSSR count). The zero-order chi connectivity index (χ0) is 29.1. The second kappa shape index (κ2) is 11.7. The van der Waals surface area contributed by atoms with Crippen LogP contribution in [-0.4, -0.2) is 65.1 Å². The fourth-order valence-corrected chi connectivity index (χ4v) is 4.86. The molecule has 0 saturated carbocycles. The molecule has 13 nitrogen and oxygen atoms in total. The van der Waals surface area contributed by atoms with E-state index in [1.54, 1.807) is 24.4 Å². The van der Waals surface area contributed by atoms with E-state index < -0.39 is 34.7 Å². The quantitative estimate of drug-likeness (QED) is 0.182. The van der Waals surface area contributed by atoms with Crippen LogP contribution in [0, 0.1) is 11.8 Å². The summed E-state index contributed by atoms with van der Waals surface area (Å²) in [6, 6.07) is 15.1. The molecule has 0 aliphatic carbocycles. The highest BCUT2D eigenvalue weighted by Crippen LogP contribution is 2.34. The van der Waals surface area contributed by atoms with E-state index in [4.69, 9.17) is 25.1 Å². The molecule has 214 valence electrons. The van der Waals surface area contributed by atoms with Crippen molar-refractivity contribution in [2.45, 2.75) is 31.1 Å². The molecule has 1 fully saturated rings. The largest absolute Gasteiger partial charge is 0.495 e. The SMILES string of the molecule is COc1cc(OCc2ccccc2)ccc1C#Cc1cn([C@@H]2O[C@H](CNS(N)(=O)=O)[C@@H](O)[C@H]2O)c2ncnc(N)c12. The predicted octanol–water partition coefficient (Wildman–Crippen LogP) is 0.413. The molecule has 41 heavy (non-hydrogen) atoms. The molecule has 2 aromatic carbocycles. The number of aliphatic hydroxyl groups is 2. The molecule has 3 heterocycles. The lowest BCUT2D eigenvalue weighted by molar-refractivity contribution is -0.0327. The van der Waals surface area contributed by atoms with Gasteiger partial charge in [0.15, 0.2) is 6.23 Å². The first-order valence-electron chi connectivity index (χ1n) is 12.4. The maximum atomic E-state index is 11.3. The summed E-state index contributed by atoms with van der Waals surface area (Å²) < 4.78 is 43.3. The van der Waals surface area contributed by atoms with Gasteiger partial charge in [-0.15, -0.1) is 0 Å². The smallest absolute Gasteiger partial charge is 0.274 e. The van der Waals surface area contributed by atoms with E-state index in [-0.39, 0.29) is 12.4 Å². The predicted molar refractivity (Wildman–Crippen MR) is 149 cm³/mol. The van der Waals surface area contributed by atoms with Crippen LogP contribution in [0.5, 0.6) is 11.5 Å². The highest BCUT2D eigenvalue weighted by Gasteiger charge is 2.44. The van der Waals surface area contributed by atoms with Gasteiger partial charge in [-0.25, -0.2) is 15.1 Å². The van der Waals surface area contributed by atoms with Crippen LogP contribution in [0.2, 0.25) is 0 Å². The Bertz CT molecular complexity index is 1720. The number of nitrogens with two attached hydrogens (primary N) is 2. The molecular weight excluding hydrogens is 552 g/mol. The molecule has 1 saturated heterocycles. The molecule has 0 spiro atoms. The van der Waals surface area contributed by atoms with Crippen molar-refractivity contribution in [3.63, 3.8) is 0 Å². The summed E-state index contributed by atoms with van der Waals surface area (Å²) in [5, 5.41) is 26.6. The van der Waals surface area contributed by atoms with Gasteiger partial charge in [0.2, 0.25) is 0 Å². The van der Waals surface area contributed by atoms with Crippen molar-refractivity contribution in [2.75, 3.05) is 19.4 Å². The standard InChI is InChI=1S/C27H28N6O7S/c1-38-20-11-19(39-14-16-5-3-2-4-6-16)10-9-17(20)7-8-18-13-33(26-22(18)25(28)30-15-31-26)27-24(35)23(34)21(40-27)12-32-41(29,36)37/h2-6,9-11,13,15,21,23-24,27,32,34-35H,12,14H2,1H3,(H2,28,30,31)(H2,29,36,37)/t21-,23-,24-,27-/m1/s1. The van der Waals surface area contributed by atoms with Gasteiger partial charge in [-0.3, -0.25) is 0 Å². The van der Waals surface area contributed by atoms with Gasteiger partial charge in [0.1, 0.15) is 54.2 Å². The molecule has 0 amide bonds. The van der Waals surface area contributed by atoms with Gasteiger partial charge in [0.05, 0.1) is 23.6 Å². The molecule has 1 aliphatic heterocycles. The summed E-state index contributed by atoms with van der Waals surface area (Å²) in [7, 11) is -2.50.